The second-order valence-electron chi connectivity index (χ2n) is 6.82. The Morgan fingerprint density at radius 1 is 1.03 bits per heavy atom. The summed E-state index contributed by atoms with van der Waals surface area (Å²) in [5.41, 5.74) is 2.55. The van der Waals surface area contributed by atoms with Crippen LogP contribution >= 0.6 is 11.3 Å². The summed E-state index contributed by atoms with van der Waals surface area (Å²) in [5, 5.41) is 5.50. The van der Waals surface area contributed by atoms with Crippen LogP contribution in [0.15, 0.2) is 47.8 Å². The number of carbonyl (C=O) groups is 3. The van der Waals surface area contributed by atoms with Crippen molar-refractivity contribution in [2.24, 2.45) is 0 Å². The first-order valence-corrected chi connectivity index (χ1v) is 10.5. The van der Waals surface area contributed by atoms with Crippen LogP contribution in [0.1, 0.15) is 37.0 Å². The van der Waals surface area contributed by atoms with Crippen LogP contribution in [0.2, 0.25) is 0 Å². The van der Waals surface area contributed by atoms with Crippen LogP contribution in [0, 0.1) is 13.8 Å². The van der Waals surface area contributed by atoms with Crippen molar-refractivity contribution < 1.29 is 28.6 Å². The van der Waals surface area contributed by atoms with Gasteiger partial charge >= 0.3 is 11.9 Å². The number of methoxy groups -OCH3 is 1. The first-order valence-electron chi connectivity index (χ1n) is 9.65. The number of hydrogen-bond acceptors (Lipinski definition) is 8. The van der Waals surface area contributed by atoms with Crippen LogP contribution in [-0.4, -0.2) is 36.5 Å². The molecule has 0 fully saturated rings. The third-order valence-corrected chi connectivity index (χ3v) is 5.21. The first-order chi connectivity index (χ1) is 15.4. The molecule has 8 nitrogen and oxygen atoms in total. The predicted molar refractivity (Wildman–Crippen MR) is 119 cm³/mol. The third-order valence-electron chi connectivity index (χ3n) is 4.39. The molecule has 166 valence electrons. The molecule has 0 aliphatic rings. The van der Waals surface area contributed by atoms with Gasteiger partial charge < -0.3 is 19.5 Å². The van der Waals surface area contributed by atoms with Crippen LogP contribution in [0.3, 0.4) is 0 Å². The average Bonchev–Trinajstić information content (AvgIpc) is 3.22. The number of amides is 1. The Labute approximate surface area is 189 Å². The van der Waals surface area contributed by atoms with Crippen LogP contribution in [0.5, 0.6) is 5.75 Å². The van der Waals surface area contributed by atoms with Crippen molar-refractivity contribution in [3.8, 4) is 5.75 Å². The number of thiazole rings is 1. The molecule has 0 aliphatic carbocycles. The van der Waals surface area contributed by atoms with Crippen molar-refractivity contribution in [1.29, 1.82) is 0 Å². The fraction of sp³-hybridized carbons (Fsp3) is 0.217. The summed E-state index contributed by atoms with van der Waals surface area (Å²) >= 11 is 1.54. The Balaban J connectivity index is 1.55. The lowest BCUT2D eigenvalue weighted by atomic mass is 10.1. The number of nitrogens with zero attached hydrogens (tertiary/aromatic N) is 1. The van der Waals surface area contributed by atoms with Crippen LogP contribution < -0.4 is 10.1 Å². The molecule has 0 saturated heterocycles. The molecule has 32 heavy (non-hydrogen) atoms. The van der Waals surface area contributed by atoms with Crippen molar-refractivity contribution in [3.63, 3.8) is 0 Å². The van der Waals surface area contributed by atoms with E-state index in [9.17, 15) is 14.4 Å². The zero-order valence-electron chi connectivity index (χ0n) is 17.8. The van der Waals surface area contributed by atoms with E-state index < -0.39 is 24.5 Å². The van der Waals surface area contributed by atoms with Gasteiger partial charge in [0.2, 0.25) is 0 Å². The molecule has 0 radical (unpaired) electrons. The highest BCUT2D eigenvalue weighted by molar-refractivity contribution is 7.09. The standard InChI is InChI=1S/C23H22N2O6S/c1-14-7-8-17(22(27)29-3)10-20(14)25-21(26)12-31-23(28)16-5-4-6-19(9-16)30-11-18-13-32-15(2)24-18/h4-10,13H,11-12H2,1-3H3,(H,25,26). The summed E-state index contributed by atoms with van der Waals surface area (Å²) < 4.78 is 15.5. The maximum absolute atomic E-state index is 12.4. The minimum atomic E-state index is -0.657. The molecule has 2 aromatic carbocycles. The fourth-order valence-electron chi connectivity index (χ4n) is 2.75. The van der Waals surface area contributed by atoms with Gasteiger partial charge in [0.05, 0.1) is 28.9 Å². The molecule has 0 unspecified atom stereocenters. The lowest BCUT2D eigenvalue weighted by Gasteiger charge is -2.11. The quantitative estimate of drug-likeness (QED) is 0.515. The Morgan fingerprint density at radius 2 is 1.81 bits per heavy atom. The summed E-state index contributed by atoms with van der Waals surface area (Å²) in [7, 11) is 1.28. The molecule has 1 amide bonds. The van der Waals surface area contributed by atoms with Gasteiger partial charge in [-0.2, -0.15) is 0 Å². The lowest BCUT2D eigenvalue weighted by molar-refractivity contribution is -0.119. The fourth-order valence-corrected chi connectivity index (χ4v) is 3.34. The number of esters is 2. The topological polar surface area (TPSA) is 104 Å². The average molecular weight is 455 g/mol. The molecule has 1 aromatic heterocycles. The Kier molecular flexibility index (Phi) is 7.56. The van der Waals surface area contributed by atoms with Crippen molar-refractivity contribution in [2.45, 2.75) is 20.5 Å². The molecule has 0 atom stereocenters. The van der Waals surface area contributed by atoms with Gasteiger partial charge in [0.1, 0.15) is 12.4 Å². The monoisotopic (exact) mass is 454 g/mol. The van der Waals surface area contributed by atoms with Crippen molar-refractivity contribution >= 4 is 34.9 Å². The van der Waals surface area contributed by atoms with Crippen LogP contribution in [0.4, 0.5) is 5.69 Å². The Hall–Kier alpha value is -3.72. The molecule has 0 saturated carbocycles. The van der Waals surface area contributed by atoms with Crippen LogP contribution in [0.25, 0.3) is 0 Å². The van der Waals surface area contributed by atoms with E-state index in [4.69, 9.17) is 9.47 Å². The highest BCUT2D eigenvalue weighted by Crippen LogP contribution is 2.19. The smallest absolute Gasteiger partial charge is 0.338 e. The van der Waals surface area contributed by atoms with Gasteiger partial charge in [-0.15, -0.1) is 11.3 Å². The summed E-state index contributed by atoms with van der Waals surface area (Å²) in [6.07, 6.45) is 0. The molecule has 0 aliphatic heterocycles. The van der Waals surface area contributed by atoms with E-state index in [1.165, 1.54) is 24.5 Å². The number of rotatable bonds is 8. The minimum Gasteiger partial charge on any atom is -0.487 e. The SMILES string of the molecule is COC(=O)c1ccc(C)c(NC(=O)COC(=O)c2cccc(OCc3csc(C)n3)c2)c1. The van der Waals surface area contributed by atoms with Gasteiger partial charge in [0.15, 0.2) is 6.61 Å². The Morgan fingerprint density at radius 3 is 2.53 bits per heavy atom. The number of hydrogen-bond donors (Lipinski definition) is 1. The van der Waals surface area contributed by atoms with Gasteiger partial charge in [-0.1, -0.05) is 12.1 Å². The third kappa shape index (κ3) is 6.14. The normalized spacial score (nSPS) is 10.3. The van der Waals surface area contributed by atoms with Crippen molar-refractivity contribution in [1.82, 2.24) is 4.98 Å². The summed E-state index contributed by atoms with van der Waals surface area (Å²) in [6, 6.07) is 11.3. The molecular formula is C23H22N2O6S. The van der Waals surface area contributed by atoms with E-state index in [0.717, 1.165) is 16.3 Å². The number of nitrogens with one attached hydrogen (secondary N) is 1. The molecule has 3 rings (SSSR count). The van der Waals surface area contributed by atoms with E-state index in [2.05, 4.69) is 15.0 Å². The van der Waals surface area contributed by atoms with Crippen molar-refractivity contribution in [2.75, 3.05) is 19.0 Å². The predicted octanol–water partition coefficient (Wildman–Crippen LogP) is 3.92. The number of ether oxygens (including phenoxy) is 3. The van der Waals surface area contributed by atoms with Gasteiger partial charge in [-0.05, 0) is 49.7 Å². The van der Waals surface area contributed by atoms with E-state index in [0.29, 0.717) is 17.0 Å². The zero-order valence-corrected chi connectivity index (χ0v) is 18.7. The maximum Gasteiger partial charge on any atom is 0.338 e. The largest absolute Gasteiger partial charge is 0.487 e. The first kappa shape index (κ1) is 23.0. The second-order valence-corrected chi connectivity index (χ2v) is 7.88. The van der Waals surface area contributed by atoms with E-state index >= 15 is 0 Å². The van der Waals surface area contributed by atoms with Gasteiger partial charge in [0.25, 0.3) is 5.91 Å². The van der Waals surface area contributed by atoms with E-state index in [1.54, 1.807) is 43.3 Å². The summed E-state index contributed by atoms with van der Waals surface area (Å²) in [4.78, 5) is 40.6. The van der Waals surface area contributed by atoms with E-state index in [1.807, 2.05) is 12.3 Å². The molecule has 9 heteroatoms. The zero-order chi connectivity index (χ0) is 23.1. The molecule has 0 spiro atoms. The highest BCUT2D eigenvalue weighted by atomic mass is 32.1. The van der Waals surface area contributed by atoms with Gasteiger partial charge in [0, 0.05) is 11.1 Å². The minimum absolute atomic E-state index is 0.258. The molecular weight excluding hydrogens is 432 g/mol. The summed E-state index contributed by atoms with van der Waals surface area (Å²) in [5.74, 6) is -1.21. The number of benzene rings is 2. The van der Waals surface area contributed by atoms with E-state index in [-0.39, 0.29) is 12.2 Å². The van der Waals surface area contributed by atoms with Gasteiger partial charge in [-0.3, -0.25) is 4.79 Å². The molecule has 1 N–H and O–H groups in total. The number of anilines is 1. The second kappa shape index (κ2) is 10.5. The summed E-state index contributed by atoms with van der Waals surface area (Å²) in [6.45, 7) is 3.50. The molecule has 3 aromatic rings. The lowest BCUT2D eigenvalue weighted by Crippen LogP contribution is -2.21. The highest BCUT2D eigenvalue weighted by Gasteiger charge is 2.14. The number of aryl methyl sites for hydroxylation is 2. The number of aromatic nitrogens is 1. The molecule has 1 heterocycles. The van der Waals surface area contributed by atoms with Crippen molar-refractivity contribution in [3.05, 3.63) is 75.2 Å². The Bertz CT molecular complexity index is 1140. The molecule has 0 bridgehead atoms. The number of carbonyl (C=O) groups excluding carboxylic acids is 3. The van der Waals surface area contributed by atoms with Gasteiger partial charge in [-0.25, -0.2) is 14.6 Å². The van der Waals surface area contributed by atoms with Crippen LogP contribution in [-0.2, 0) is 20.9 Å². The maximum atomic E-state index is 12.4.